The van der Waals surface area contributed by atoms with Crippen LogP contribution >= 0.6 is 11.6 Å². The molecular formula is C14H18ClNO5. The number of esters is 1. The lowest BCUT2D eigenvalue weighted by atomic mass is 10.3. The number of halogens is 1. The van der Waals surface area contributed by atoms with Gasteiger partial charge in [0.25, 0.3) is 5.91 Å². The van der Waals surface area contributed by atoms with Crippen LogP contribution in [0.1, 0.15) is 6.92 Å². The maximum atomic E-state index is 11.6. The molecule has 1 aromatic carbocycles. The first kappa shape index (κ1) is 17.3. The molecule has 0 aromatic heterocycles. The van der Waals surface area contributed by atoms with Gasteiger partial charge in [-0.3, -0.25) is 4.79 Å². The highest BCUT2D eigenvalue weighted by atomic mass is 35.5. The Morgan fingerprint density at radius 2 is 2.14 bits per heavy atom. The summed E-state index contributed by atoms with van der Waals surface area (Å²) in [5.41, 5.74) is 0. The van der Waals surface area contributed by atoms with E-state index in [9.17, 15) is 9.59 Å². The van der Waals surface area contributed by atoms with Gasteiger partial charge in [-0.05, 0) is 25.1 Å². The maximum absolute atomic E-state index is 11.6. The van der Waals surface area contributed by atoms with Crippen molar-refractivity contribution in [1.82, 2.24) is 5.32 Å². The molecule has 116 valence electrons. The smallest absolute Gasteiger partial charge is 0.344 e. The molecule has 1 aromatic rings. The van der Waals surface area contributed by atoms with E-state index in [1.807, 2.05) is 0 Å². The predicted octanol–water partition coefficient (Wildman–Crippen LogP) is 1.41. The summed E-state index contributed by atoms with van der Waals surface area (Å²) in [5.74, 6) is -0.566. The van der Waals surface area contributed by atoms with Gasteiger partial charge in [-0.15, -0.1) is 0 Å². The van der Waals surface area contributed by atoms with E-state index >= 15 is 0 Å². The van der Waals surface area contributed by atoms with Crippen LogP contribution in [-0.4, -0.2) is 44.8 Å². The van der Waals surface area contributed by atoms with E-state index in [-0.39, 0.29) is 12.5 Å². The van der Waals surface area contributed by atoms with Crippen LogP contribution in [0.4, 0.5) is 0 Å². The lowest BCUT2D eigenvalue weighted by Gasteiger charge is -2.13. The van der Waals surface area contributed by atoms with E-state index < -0.39 is 12.1 Å². The third-order valence-electron chi connectivity index (χ3n) is 2.44. The standard InChI is InChI=1S/C14H18ClNO5/c1-10(14(18)16-6-7-19-2)21-13(17)9-20-12-5-3-4-11(15)8-12/h3-5,8,10H,6-7,9H2,1-2H3,(H,16,18)/t10-/m0/s1. The SMILES string of the molecule is COCCNC(=O)[C@H](C)OC(=O)COc1cccc(Cl)c1. The summed E-state index contributed by atoms with van der Waals surface area (Å²) in [6.45, 7) is 1.94. The highest BCUT2D eigenvalue weighted by molar-refractivity contribution is 6.30. The zero-order valence-corrected chi connectivity index (χ0v) is 12.7. The average Bonchev–Trinajstić information content (AvgIpc) is 2.45. The Bertz CT molecular complexity index is 480. The number of rotatable bonds is 8. The number of methoxy groups -OCH3 is 1. The molecule has 0 unspecified atom stereocenters. The highest BCUT2D eigenvalue weighted by Crippen LogP contribution is 2.16. The van der Waals surface area contributed by atoms with E-state index in [2.05, 4.69) is 5.32 Å². The number of carbonyl (C=O) groups excluding carboxylic acids is 2. The summed E-state index contributed by atoms with van der Waals surface area (Å²) >= 11 is 5.79. The molecular weight excluding hydrogens is 298 g/mol. The van der Waals surface area contributed by atoms with Gasteiger partial charge in [0, 0.05) is 18.7 Å². The summed E-state index contributed by atoms with van der Waals surface area (Å²) in [6.07, 6.45) is -0.891. The Hall–Kier alpha value is -1.79. The quantitative estimate of drug-likeness (QED) is 0.580. The molecule has 0 fully saturated rings. The minimum absolute atomic E-state index is 0.296. The molecule has 0 aliphatic heterocycles. The Balaban J connectivity index is 2.31. The molecule has 21 heavy (non-hydrogen) atoms. The number of benzene rings is 1. The predicted molar refractivity (Wildman–Crippen MR) is 77.4 cm³/mol. The molecule has 0 aliphatic rings. The van der Waals surface area contributed by atoms with Gasteiger partial charge in [0.15, 0.2) is 12.7 Å². The van der Waals surface area contributed by atoms with Crippen LogP contribution in [0.25, 0.3) is 0 Å². The number of ether oxygens (including phenoxy) is 3. The normalized spacial score (nSPS) is 11.6. The summed E-state index contributed by atoms with van der Waals surface area (Å²) in [5, 5.41) is 3.08. The number of nitrogens with one attached hydrogen (secondary N) is 1. The minimum atomic E-state index is -0.891. The van der Waals surface area contributed by atoms with Crippen molar-refractivity contribution >= 4 is 23.5 Å². The third kappa shape index (κ3) is 6.97. The molecule has 0 aliphatic carbocycles. The number of amides is 1. The first-order valence-electron chi connectivity index (χ1n) is 6.37. The lowest BCUT2D eigenvalue weighted by molar-refractivity contribution is -0.156. The number of carbonyl (C=O) groups is 2. The fourth-order valence-corrected chi connectivity index (χ4v) is 1.58. The first-order valence-corrected chi connectivity index (χ1v) is 6.75. The number of hydrogen-bond acceptors (Lipinski definition) is 5. The van der Waals surface area contributed by atoms with Crippen LogP contribution < -0.4 is 10.1 Å². The fraction of sp³-hybridized carbons (Fsp3) is 0.429. The molecule has 1 atom stereocenters. The van der Waals surface area contributed by atoms with Crippen molar-refractivity contribution in [2.45, 2.75) is 13.0 Å². The van der Waals surface area contributed by atoms with Gasteiger partial charge in [-0.1, -0.05) is 17.7 Å². The van der Waals surface area contributed by atoms with E-state index in [1.165, 1.54) is 14.0 Å². The first-order chi connectivity index (χ1) is 10.0. The third-order valence-corrected chi connectivity index (χ3v) is 2.67. The summed E-state index contributed by atoms with van der Waals surface area (Å²) in [6, 6.07) is 6.64. The summed E-state index contributed by atoms with van der Waals surface area (Å²) < 4.78 is 15.0. The molecule has 0 bridgehead atoms. The summed E-state index contributed by atoms with van der Waals surface area (Å²) in [4.78, 5) is 23.1. The molecule has 6 nitrogen and oxygen atoms in total. The van der Waals surface area contributed by atoms with Gasteiger partial charge < -0.3 is 19.5 Å². The Kier molecular flexibility index (Phi) is 7.56. The Morgan fingerprint density at radius 3 is 2.81 bits per heavy atom. The molecule has 7 heteroatoms. The van der Waals surface area contributed by atoms with E-state index in [0.717, 1.165) is 0 Å². The van der Waals surface area contributed by atoms with Crippen molar-refractivity contribution in [3.8, 4) is 5.75 Å². The lowest BCUT2D eigenvalue weighted by Crippen LogP contribution is -2.38. The second kappa shape index (κ2) is 9.20. The Labute approximate surface area is 128 Å². The van der Waals surface area contributed by atoms with Crippen LogP contribution in [0.3, 0.4) is 0 Å². The largest absolute Gasteiger partial charge is 0.482 e. The second-order valence-corrected chi connectivity index (χ2v) is 4.60. The van der Waals surface area contributed by atoms with Crippen molar-refractivity contribution in [3.05, 3.63) is 29.3 Å². The van der Waals surface area contributed by atoms with E-state index in [1.54, 1.807) is 24.3 Å². The zero-order chi connectivity index (χ0) is 15.7. The van der Waals surface area contributed by atoms with Gasteiger partial charge in [0.2, 0.25) is 0 Å². The molecule has 1 rings (SSSR count). The van der Waals surface area contributed by atoms with Crippen molar-refractivity contribution in [2.75, 3.05) is 26.9 Å². The van der Waals surface area contributed by atoms with Gasteiger partial charge in [-0.2, -0.15) is 0 Å². The van der Waals surface area contributed by atoms with Gasteiger partial charge >= 0.3 is 5.97 Å². The molecule has 0 radical (unpaired) electrons. The van der Waals surface area contributed by atoms with Crippen LogP contribution in [0.15, 0.2) is 24.3 Å². The average molecular weight is 316 g/mol. The number of hydrogen-bond donors (Lipinski definition) is 1. The van der Waals surface area contributed by atoms with Gasteiger partial charge in [0.05, 0.1) is 6.61 Å². The molecule has 0 saturated heterocycles. The molecule has 0 spiro atoms. The van der Waals surface area contributed by atoms with Crippen LogP contribution in [0.5, 0.6) is 5.75 Å². The topological polar surface area (TPSA) is 73.9 Å². The van der Waals surface area contributed by atoms with Crippen molar-refractivity contribution in [2.24, 2.45) is 0 Å². The van der Waals surface area contributed by atoms with Gasteiger partial charge in [0.1, 0.15) is 5.75 Å². The zero-order valence-electron chi connectivity index (χ0n) is 11.9. The van der Waals surface area contributed by atoms with Gasteiger partial charge in [-0.25, -0.2) is 4.79 Å². The van der Waals surface area contributed by atoms with E-state index in [4.69, 9.17) is 25.8 Å². The molecule has 1 amide bonds. The van der Waals surface area contributed by atoms with Crippen molar-refractivity contribution in [3.63, 3.8) is 0 Å². The fourth-order valence-electron chi connectivity index (χ4n) is 1.40. The maximum Gasteiger partial charge on any atom is 0.344 e. The Morgan fingerprint density at radius 1 is 1.38 bits per heavy atom. The van der Waals surface area contributed by atoms with Crippen LogP contribution in [-0.2, 0) is 19.1 Å². The second-order valence-electron chi connectivity index (χ2n) is 4.16. The monoisotopic (exact) mass is 315 g/mol. The van der Waals surface area contributed by atoms with Crippen molar-refractivity contribution in [1.29, 1.82) is 0 Å². The highest BCUT2D eigenvalue weighted by Gasteiger charge is 2.17. The minimum Gasteiger partial charge on any atom is -0.482 e. The molecule has 0 saturated carbocycles. The van der Waals surface area contributed by atoms with Crippen LogP contribution in [0.2, 0.25) is 5.02 Å². The molecule has 0 heterocycles. The molecule has 1 N–H and O–H groups in total. The van der Waals surface area contributed by atoms with Crippen molar-refractivity contribution < 1.29 is 23.8 Å². The summed E-state index contributed by atoms with van der Waals surface area (Å²) in [7, 11) is 1.53. The van der Waals surface area contributed by atoms with E-state index in [0.29, 0.717) is 23.9 Å². The van der Waals surface area contributed by atoms with Crippen LogP contribution in [0, 0.1) is 0 Å².